The molecule has 1 saturated heterocycles. The van der Waals surface area contributed by atoms with Crippen LogP contribution in [0.3, 0.4) is 0 Å². The summed E-state index contributed by atoms with van der Waals surface area (Å²) < 4.78 is 12.2. The second-order valence-corrected chi connectivity index (χ2v) is 7.75. The highest BCUT2D eigenvalue weighted by atomic mass is 32.1. The van der Waals surface area contributed by atoms with Crippen molar-refractivity contribution >= 4 is 21.6 Å². The van der Waals surface area contributed by atoms with E-state index in [2.05, 4.69) is 41.3 Å². The first-order valence-corrected chi connectivity index (χ1v) is 9.66. The number of benzene rings is 2. The zero-order valence-corrected chi connectivity index (χ0v) is 14.8. The second kappa shape index (κ2) is 6.32. The van der Waals surface area contributed by atoms with Gasteiger partial charge in [0.25, 0.3) is 0 Å². The van der Waals surface area contributed by atoms with Crippen LogP contribution in [0.2, 0.25) is 0 Å². The number of aromatic nitrogens is 1. The Labute approximate surface area is 151 Å². The second-order valence-electron chi connectivity index (χ2n) is 6.69. The van der Waals surface area contributed by atoms with E-state index < -0.39 is 0 Å². The van der Waals surface area contributed by atoms with Gasteiger partial charge in [-0.1, -0.05) is 24.6 Å². The fourth-order valence-corrected chi connectivity index (χ4v) is 4.90. The predicted molar refractivity (Wildman–Crippen MR) is 99.2 cm³/mol. The molecule has 2 aromatic carbocycles. The minimum atomic E-state index is 0.330. The van der Waals surface area contributed by atoms with Crippen molar-refractivity contribution in [3.63, 3.8) is 0 Å². The van der Waals surface area contributed by atoms with Gasteiger partial charge in [0.1, 0.15) is 5.01 Å². The summed E-state index contributed by atoms with van der Waals surface area (Å²) in [6, 6.07) is 15.1. The van der Waals surface area contributed by atoms with E-state index >= 15 is 0 Å². The highest BCUT2D eigenvalue weighted by Crippen LogP contribution is 2.38. The lowest BCUT2D eigenvalue weighted by Gasteiger charge is -2.34. The summed E-state index contributed by atoms with van der Waals surface area (Å²) in [5, 5.41) is 1.25. The zero-order valence-electron chi connectivity index (χ0n) is 14.0. The molecule has 0 amide bonds. The summed E-state index contributed by atoms with van der Waals surface area (Å²) in [6.07, 6.45) is 3.72. The van der Waals surface area contributed by atoms with Crippen LogP contribution in [0.5, 0.6) is 11.5 Å². The van der Waals surface area contributed by atoms with E-state index in [1.54, 1.807) is 0 Å². The monoisotopic (exact) mass is 352 g/mol. The van der Waals surface area contributed by atoms with Gasteiger partial charge in [0.2, 0.25) is 6.79 Å². The summed E-state index contributed by atoms with van der Waals surface area (Å²) in [5.41, 5.74) is 2.40. The summed E-state index contributed by atoms with van der Waals surface area (Å²) >= 11 is 1.84. The largest absolute Gasteiger partial charge is 0.454 e. The highest BCUT2D eigenvalue weighted by molar-refractivity contribution is 7.18. The van der Waals surface area contributed by atoms with Gasteiger partial charge in [-0.25, -0.2) is 4.98 Å². The Kier molecular flexibility index (Phi) is 3.83. The molecule has 5 rings (SSSR count). The Morgan fingerprint density at radius 3 is 2.96 bits per heavy atom. The van der Waals surface area contributed by atoms with E-state index in [0.717, 1.165) is 30.1 Å². The molecule has 1 fully saturated rings. The van der Waals surface area contributed by atoms with Crippen LogP contribution in [0.4, 0.5) is 0 Å². The van der Waals surface area contributed by atoms with Crippen molar-refractivity contribution in [3.05, 3.63) is 53.0 Å². The molecule has 25 heavy (non-hydrogen) atoms. The minimum absolute atomic E-state index is 0.330. The number of para-hydroxylation sites is 1. The maximum absolute atomic E-state index is 5.53. The highest BCUT2D eigenvalue weighted by Gasteiger charge is 2.27. The van der Waals surface area contributed by atoms with Gasteiger partial charge in [-0.05, 0) is 49.2 Å². The first-order valence-electron chi connectivity index (χ1n) is 8.85. The average Bonchev–Trinajstić information content (AvgIpc) is 3.28. The van der Waals surface area contributed by atoms with Gasteiger partial charge in [0.05, 0.1) is 16.3 Å². The third-order valence-electron chi connectivity index (χ3n) is 5.03. The Morgan fingerprint density at radius 2 is 2.00 bits per heavy atom. The normalized spacial score (nSPS) is 20.2. The fraction of sp³-hybridized carbons (Fsp3) is 0.350. The van der Waals surface area contributed by atoms with Gasteiger partial charge >= 0.3 is 0 Å². The molecule has 2 aliphatic rings. The van der Waals surface area contributed by atoms with Crippen LogP contribution in [-0.2, 0) is 6.54 Å². The van der Waals surface area contributed by atoms with Crippen molar-refractivity contribution in [2.24, 2.45) is 0 Å². The lowest BCUT2D eigenvalue weighted by molar-refractivity contribution is 0.140. The molecule has 0 unspecified atom stereocenters. The van der Waals surface area contributed by atoms with Crippen molar-refractivity contribution in [1.29, 1.82) is 0 Å². The van der Waals surface area contributed by atoms with Crippen LogP contribution >= 0.6 is 11.3 Å². The van der Waals surface area contributed by atoms with E-state index in [9.17, 15) is 0 Å². The molecule has 4 nitrogen and oxygen atoms in total. The molecule has 2 aliphatic heterocycles. The van der Waals surface area contributed by atoms with E-state index in [1.165, 1.54) is 34.5 Å². The number of hydrogen-bond acceptors (Lipinski definition) is 5. The third-order valence-corrected chi connectivity index (χ3v) is 6.17. The predicted octanol–water partition coefficient (Wildman–Crippen LogP) is 4.75. The van der Waals surface area contributed by atoms with Crippen LogP contribution in [0.25, 0.3) is 10.2 Å². The Bertz CT molecular complexity index is 875. The van der Waals surface area contributed by atoms with Gasteiger partial charge < -0.3 is 9.47 Å². The van der Waals surface area contributed by atoms with E-state index in [4.69, 9.17) is 14.5 Å². The smallest absolute Gasteiger partial charge is 0.231 e. The molecule has 0 saturated carbocycles. The van der Waals surface area contributed by atoms with Crippen LogP contribution < -0.4 is 9.47 Å². The van der Waals surface area contributed by atoms with Crippen LogP contribution in [0, 0.1) is 0 Å². The molecule has 0 aliphatic carbocycles. The molecule has 0 spiro atoms. The molecule has 0 radical (unpaired) electrons. The molecule has 3 aromatic rings. The summed E-state index contributed by atoms with van der Waals surface area (Å²) in [6.45, 7) is 2.38. The number of nitrogens with zero attached hydrogens (tertiary/aromatic N) is 2. The topological polar surface area (TPSA) is 34.6 Å². The molecule has 0 bridgehead atoms. The first-order chi connectivity index (χ1) is 12.4. The molecule has 1 aromatic heterocycles. The minimum Gasteiger partial charge on any atom is -0.454 e. The number of ether oxygens (including phenoxy) is 2. The molecule has 5 heteroatoms. The van der Waals surface area contributed by atoms with Crippen LogP contribution in [-0.4, -0.2) is 23.2 Å². The lowest BCUT2D eigenvalue weighted by Crippen LogP contribution is -2.32. The van der Waals surface area contributed by atoms with Gasteiger partial charge in [0.15, 0.2) is 11.5 Å². The van der Waals surface area contributed by atoms with Crippen molar-refractivity contribution in [1.82, 2.24) is 9.88 Å². The van der Waals surface area contributed by atoms with Gasteiger partial charge in [-0.15, -0.1) is 11.3 Å². The summed E-state index contributed by atoms with van der Waals surface area (Å²) in [5.74, 6) is 1.72. The third kappa shape index (κ3) is 2.87. The number of piperidine rings is 1. The van der Waals surface area contributed by atoms with Crippen molar-refractivity contribution < 1.29 is 9.47 Å². The number of rotatable bonds is 3. The zero-order chi connectivity index (χ0) is 16.6. The van der Waals surface area contributed by atoms with Crippen molar-refractivity contribution in [3.8, 4) is 11.5 Å². The van der Waals surface area contributed by atoms with E-state index in [0.29, 0.717) is 12.8 Å². The Hall–Kier alpha value is -2.11. The number of thiazole rings is 1. The Morgan fingerprint density at radius 1 is 1.08 bits per heavy atom. The quantitative estimate of drug-likeness (QED) is 0.681. The molecule has 0 N–H and O–H groups in total. The lowest BCUT2D eigenvalue weighted by atomic mass is 10.0. The molecular weight excluding hydrogens is 332 g/mol. The SMILES string of the molecule is c1ccc2sc([C@H]3CCCCN3Cc3ccc4c(c3)OCO4)nc2c1. The van der Waals surface area contributed by atoms with Crippen LogP contribution in [0.1, 0.15) is 35.9 Å². The van der Waals surface area contributed by atoms with Gasteiger partial charge in [-0.3, -0.25) is 4.90 Å². The fourth-order valence-electron chi connectivity index (χ4n) is 3.77. The maximum atomic E-state index is 5.53. The van der Waals surface area contributed by atoms with E-state index in [1.807, 2.05) is 17.4 Å². The standard InChI is InChI=1S/C20H20N2O2S/c1-2-7-19-15(5-1)21-20(25-19)16-6-3-4-10-22(16)12-14-8-9-17-18(11-14)24-13-23-17/h1-2,5,7-9,11,16H,3-4,6,10,12-13H2/t16-/m1/s1. The van der Waals surface area contributed by atoms with Crippen LogP contribution in [0.15, 0.2) is 42.5 Å². The summed E-state index contributed by atoms with van der Waals surface area (Å²) in [4.78, 5) is 7.49. The molecule has 3 heterocycles. The molecule has 128 valence electrons. The van der Waals surface area contributed by atoms with Crippen molar-refractivity contribution in [2.75, 3.05) is 13.3 Å². The summed E-state index contributed by atoms with van der Waals surface area (Å²) in [7, 11) is 0. The van der Waals surface area contributed by atoms with E-state index in [-0.39, 0.29) is 0 Å². The number of fused-ring (bicyclic) bond motifs is 2. The first kappa shape index (κ1) is 15.2. The Balaban J connectivity index is 1.42. The maximum Gasteiger partial charge on any atom is 0.231 e. The molecule has 1 atom stereocenters. The molecular formula is C20H20N2O2S. The average molecular weight is 352 g/mol. The number of likely N-dealkylation sites (tertiary alicyclic amines) is 1. The number of hydrogen-bond donors (Lipinski definition) is 0. The van der Waals surface area contributed by atoms with Gasteiger partial charge in [0, 0.05) is 6.54 Å². The van der Waals surface area contributed by atoms with Gasteiger partial charge in [-0.2, -0.15) is 0 Å². The van der Waals surface area contributed by atoms with Crippen molar-refractivity contribution in [2.45, 2.75) is 31.8 Å².